The van der Waals surface area contributed by atoms with Crippen molar-refractivity contribution in [3.63, 3.8) is 0 Å². The van der Waals surface area contributed by atoms with E-state index in [1.807, 2.05) is 12.1 Å². The number of aliphatic hydroxyl groups excluding tert-OH is 2. The molecule has 3 rings (SSSR count). The van der Waals surface area contributed by atoms with E-state index in [0.29, 0.717) is 49.4 Å². The molecule has 0 bridgehead atoms. The van der Waals surface area contributed by atoms with Crippen LogP contribution < -0.4 is 14.2 Å². The molecule has 1 fully saturated rings. The van der Waals surface area contributed by atoms with Gasteiger partial charge in [-0.15, -0.1) is 0 Å². The zero-order valence-electron chi connectivity index (χ0n) is 21.3. The van der Waals surface area contributed by atoms with Gasteiger partial charge in [0.25, 0.3) is 0 Å². The summed E-state index contributed by atoms with van der Waals surface area (Å²) in [5.74, 6) is 1.24. The van der Waals surface area contributed by atoms with Gasteiger partial charge in [-0.05, 0) is 93.2 Å². The summed E-state index contributed by atoms with van der Waals surface area (Å²) < 4.78 is 22.0. The predicted molar refractivity (Wildman–Crippen MR) is 136 cm³/mol. The zero-order valence-corrected chi connectivity index (χ0v) is 21.3. The van der Waals surface area contributed by atoms with Gasteiger partial charge in [-0.1, -0.05) is 12.5 Å². The van der Waals surface area contributed by atoms with Crippen LogP contribution >= 0.6 is 0 Å². The van der Waals surface area contributed by atoms with Crippen molar-refractivity contribution in [1.29, 1.82) is 0 Å². The second kappa shape index (κ2) is 14.2. The summed E-state index contributed by atoms with van der Waals surface area (Å²) >= 11 is 0. The number of aromatic hydroxyl groups is 2. The number of aliphatic hydroxyl groups is 2. The summed E-state index contributed by atoms with van der Waals surface area (Å²) in [5, 5.41) is 40.3. The van der Waals surface area contributed by atoms with E-state index >= 15 is 0 Å². The van der Waals surface area contributed by atoms with Crippen molar-refractivity contribution in [3.8, 4) is 28.7 Å². The number of aryl methyl sites for hydroxylation is 2. The second-order valence-corrected chi connectivity index (χ2v) is 9.41. The summed E-state index contributed by atoms with van der Waals surface area (Å²) in [4.78, 5) is 0. The lowest BCUT2D eigenvalue weighted by Crippen LogP contribution is -2.23. The minimum Gasteiger partial charge on any atom is -0.504 e. The fraction of sp³-hybridized carbons (Fsp3) is 0.571. The largest absolute Gasteiger partial charge is 0.504 e. The monoisotopic (exact) mass is 504 g/mol. The Kier molecular flexibility index (Phi) is 11.0. The lowest BCUT2D eigenvalue weighted by Gasteiger charge is -2.24. The Morgan fingerprint density at radius 2 is 1.50 bits per heavy atom. The number of rotatable bonds is 14. The van der Waals surface area contributed by atoms with Gasteiger partial charge in [-0.2, -0.15) is 0 Å². The number of phenolic OH excluding ortho intramolecular Hbond substituents is 2. The van der Waals surface area contributed by atoms with E-state index in [2.05, 4.69) is 0 Å². The van der Waals surface area contributed by atoms with Crippen molar-refractivity contribution in [2.45, 2.75) is 82.5 Å². The highest BCUT2D eigenvalue weighted by molar-refractivity contribution is 5.52. The van der Waals surface area contributed by atoms with Crippen LogP contribution in [0.15, 0.2) is 30.3 Å². The molecule has 0 amide bonds. The van der Waals surface area contributed by atoms with Gasteiger partial charge in [0.2, 0.25) is 5.75 Å². The van der Waals surface area contributed by atoms with E-state index in [-0.39, 0.29) is 23.7 Å². The van der Waals surface area contributed by atoms with Crippen molar-refractivity contribution in [2.24, 2.45) is 0 Å². The van der Waals surface area contributed by atoms with E-state index in [1.54, 1.807) is 18.2 Å². The third-order valence-corrected chi connectivity index (χ3v) is 6.78. The molecule has 2 unspecified atom stereocenters. The summed E-state index contributed by atoms with van der Waals surface area (Å²) in [6.07, 6.45) is 7.41. The maximum Gasteiger partial charge on any atom is 0.200 e. The van der Waals surface area contributed by atoms with Crippen LogP contribution in [-0.4, -0.2) is 59.8 Å². The topological polar surface area (TPSA) is 118 Å². The van der Waals surface area contributed by atoms with E-state index in [4.69, 9.17) is 18.9 Å². The molecule has 200 valence electrons. The maximum absolute atomic E-state index is 10.6. The first kappa shape index (κ1) is 27.9. The van der Waals surface area contributed by atoms with Crippen LogP contribution in [0.2, 0.25) is 0 Å². The molecule has 4 N–H and O–H groups in total. The molecular formula is C28H40O8. The molecule has 0 radical (unpaired) electrons. The van der Waals surface area contributed by atoms with Crippen LogP contribution in [0.3, 0.4) is 0 Å². The van der Waals surface area contributed by atoms with Gasteiger partial charge in [-0.3, -0.25) is 0 Å². The van der Waals surface area contributed by atoms with Gasteiger partial charge in [0.1, 0.15) is 6.79 Å². The first-order valence-electron chi connectivity index (χ1n) is 12.8. The molecular weight excluding hydrogens is 464 g/mol. The Bertz CT molecular complexity index is 916. The minimum absolute atomic E-state index is 0.0535. The standard InChI is InChI=1S/C28H40O8/c1-33-26-15-20(16-27(34-2)28(26)32)8-11-21(30)17-23(35-18-29)12-9-19-10-13-24(31)25(14-19)36-22-6-4-3-5-7-22/h10,13-16,21-23,29-32H,3-9,11-12,17-18H2,1-2H3. The van der Waals surface area contributed by atoms with Crippen molar-refractivity contribution in [3.05, 3.63) is 41.5 Å². The van der Waals surface area contributed by atoms with Crippen LogP contribution in [0, 0.1) is 0 Å². The molecule has 8 heteroatoms. The molecule has 2 atom stereocenters. The molecule has 36 heavy (non-hydrogen) atoms. The highest BCUT2D eigenvalue weighted by Gasteiger charge is 2.19. The number of phenols is 2. The van der Waals surface area contributed by atoms with Gasteiger partial charge < -0.3 is 39.4 Å². The molecule has 1 aliphatic carbocycles. The zero-order chi connectivity index (χ0) is 25.9. The molecule has 2 aromatic rings. The van der Waals surface area contributed by atoms with Gasteiger partial charge in [-0.25, -0.2) is 0 Å². The Balaban J connectivity index is 1.53. The number of hydrogen-bond acceptors (Lipinski definition) is 8. The quantitative estimate of drug-likeness (QED) is 0.278. The molecule has 0 saturated heterocycles. The van der Waals surface area contributed by atoms with Crippen LogP contribution in [-0.2, 0) is 17.6 Å². The number of methoxy groups -OCH3 is 2. The average molecular weight is 505 g/mol. The SMILES string of the molecule is COc1cc(CCC(O)CC(CCc2ccc(O)c(OC3CCCCC3)c2)OCO)cc(OC)c1O. The molecule has 0 spiro atoms. The normalized spacial score (nSPS) is 15.9. The lowest BCUT2D eigenvalue weighted by atomic mass is 9.97. The first-order chi connectivity index (χ1) is 17.4. The van der Waals surface area contributed by atoms with E-state index < -0.39 is 12.9 Å². The summed E-state index contributed by atoms with van der Waals surface area (Å²) in [7, 11) is 2.95. The smallest absolute Gasteiger partial charge is 0.200 e. The Labute approximate surface area is 213 Å². The van der Waals surface area contributed by atoms with Crippen LogP contribution in [0.4, 0.5) is 0 Å². The molecule has 2 aromatic carbocycles. The summed E-state index contributed by atoms with van der Waals surface area (Å²) in [6, 6.07) is 8.85. The Morgan fingerprint density at radius 3 is 2.14 bits per heavy atom. The average Bonchev–Trinajstić information content (AvgIpc) is 2.89. The number of hydrogen-bond donors (Lipinski definition) is 4. The van der Waals surface area contributed by atoms with Gasteiger partial charge >= 0.3 is 0 Å². The van der Waals surface area contributed by atoms with Crippen molar-refractivity contribution >= 4 is 0 Å². The summed E-state index contributed by atoms with van der Waals surface area (Å²) in [5.41, 5.74) is 1.87. The first-order valence-corrected chi connectivity index (χ1v) is 12.8. The van der Waals surface area contributed by atoms with Crippen LogP contribution in [0.1, 0.15) is 62.5 Å². The molecule has 1 saturated carbocycles. The fourth-order valence-corrected chi connectivity index (χ4v) is 4.72. The second-order valence-electron chi connectivity index (χ2n) is 9.41. The van der Waals surface area contributed by atoms with E-state index in [0.717, 1.165) is 36.8 Å². The van der Waals surface area contributed by atoms with Crippen molar-refractivity contribution in [2.75, 3.05) is 21.0 Å². The van der Waals surface area contributed by atoms with Gasteiger partial charge in [0.15, 0.2) is 23.0 Å². The van der Waals surface area contributed by atoms with E-state index in [1.165, 1.54) is 20.6 Å². The minimum atomic E-state index is -0.641. The van der Waals surface area contributed by atoms with Gasteiger partial charge in [0, 0.05) is 0 Å². The van der Waals surface area contributed by atoms with E-state index in [9.17, 15) is 20.4 Å². The van der Waals surface area contributed by atoms with Crippen LogP contribution in [0.5, 0.6) is 28.7 Å². The highest BCUT2D eigenvalue weighted by Crippen LogP contribution is 2.37. The summed E-state index contributed by atoms with van der Waals surface area (Å²) in [6.45, 7) is -0.421. The van der Waals surface area contributed by atoms with Crippen molar-refractivity contribution < 1.29 is 39.4 Å². The molecule has 0 heterocycles. The number of ether oxygens (including phenoxy) is 4. The highest BCUT2D eigenvalue weighted by atomic mass is 16.6. The fourth-order valence-electron chi connectivity index (χ4n) is 4.72. The predicted octanol–water partition coefficient (Wildman–Crippen LogP) is 4.48. The Hall–Kier alpha value is -2.68. The molecule has 1 aliphatic rings. The third kappa shape index (κ3) is 8.18. The maximum atomic E-state index is 10.6. The lowest BCUT2D eigenvalue weighted by molar-refractivity contribution is -0.0690. The van der Waals surface area contributed by atoms with Crippen LogP contribution in [0.25, 0.3) is 0 Å². The van der Waals surface area contributed by atoms with Crippen molar-refractivity contribution in [1.82, 2.24) is 0 Å². The Morgan fingerprint density at radius 1 is 0.861 bits per heavy atom. The molecule has 0 aliphatic heterocycles. The molecule has 8 nitrogen and oxygen atoms in total. The number of benzene rings is 2. The third-order valence-electron chi connectivity index (χ3n) is 6.78. The molecule has 0 aromatic heterocycles. The van der Waals surface area contributed by atoms with Gasteiger partial charge in [0.05, 0.1) is 32.5 Å².